The van der Waals surface area contributed by atoms with Gasteiger partial charge in [0.2, 0.25) is 0 Å². The number of nitrogen functional groups attached to an aromatic ring is 1. The number of hydrogen-bond acceptors (Lipinski definition) is 3. The molecule has 4 heteroatoms. The lowest BCUT2D eigenvalue weighted by Crippen LogP contribution is -2.08. The summed E-state index contributed by atoms with van der Waals surface area (Å²) < 4.78 is 0. The Morgan fingerprint density at radius 2 is 2.00 bits per heavy atom. The molecule has 0 aliphatic heterocycles. The number of Topliss-reactive ketones (excluding diaryl/α,β-unsaturated/α-hetero) is 1. The lowest BCUT2D eigenvalue weighted by molar-refractivity contribution is -0.118. The predicted molar refractivity (Wildman–Crippen MR) is 81.8 cm³/mol. The molecule has 20 heavy (non-hydrogen) atoms. The molecule has 1 unspecified atom stereocenters. The van der Waals surface area contributed by atoms with Crippen LogP contribution in [0.3, 0.4) is 0 Å². The minimum absolute atomic E-state index is 0.169. The van der Waals surface area contributed by atoms with Crippen LogP contribution in [-0.4, -0.2) is 10.8 Å². The molecular formula is C16H17ClN2O. The SMILES string of the molecule is CC(CC(=O)Cc1ccncc1Cl)c1ccc(N)cc1. The number of aromatic nitrogens is 1. The maximum atomic E-state index is 12.1. The van der Waals surface area contributed by atoms with E-state index in [2.05, 4.69) is 4.98 Å². The third-order valence-electron chi connectivity index (χ3n) is 3.28. The Morgan fingerprint density at radius 1 is 1.30 bits per heavy atom. The summed E-state index contributed by atoms with van der Waals surface area (Å²) in [7, 11) is 0. The molecule has 1 atom stereocenters. The molecular weight excluding hydrogens is 272 g/mol. The fraction of sp³-hybridized carbons (Fsp3) is 0.250. The van der Waals surface area contributed by atoms with Crippen molar-refractivity contribution in [3.63, 3.8) is 0 Å². The molecule has 1 heterocycles. The molecule has 1 aromatic heterocycles. The summed E-state index contributed by atoms with van der Waals surface area (Å²) in [5.74, 6) is 0.339. The molecule has 0 radical (unpaired) electrons. The van der Waals surface area contributed by atoms with Crippen molar-refractivity contribution in [2.75, 3.05) is 5.73 Å². The van der Waals surface area contributed by atoms with Gasteiger partial charge in [-0.2, -0.15) is 0 Å². The zero-order valence-electron chi connectivity index (χ0n) is 11.3. The Morgan fingerprint density at radius 3 is 2.65 bits per heavy atom. The highest BCUT2D eigenvalue weighted by atomic mass is 35.5. The quantitative estimate of drug-likeness (QED) is 0.855. The second-order valence-corrected chi connectivity index (χ2v) is 5.36. The van der Waals surface area contributed by atoms with Crippen LogP contribution in [0.15, 0.2) is 42.7 Å². The number of carbonyl (C=O) groups is 1. The van der Waals surface area contributed by atoms with Crippen LogP contribution in [0, 0.1) is 0 Å². The molecule has 0 spiro atoms. The number of halogens is 1. The van der Waals surface area contributed by atoms with Gasteiger partial charge >= 0.3 is 0 Å². The van der Waals surface area contributed by atoms with Crippen LogP contribution in [0.2, 0.25) is 5.02 Å². The zero-order chi connectivity index (χ0) is 14.5. The van der Waals surface area contributed by atoms with Crippen LogP contribution in [0.5, 0.6) is 0 Å². The molecule has 104 valence electrons. The number of rotatable bonds is 5. The van der Waals surface area contributed by atoms with Crippen molar-refractivity contribution >= 4 is 23.1 Å². The van der Waals surface area contributed by atoms with Crippen LogP contribution in [0.1, 0.15) is 30.4 Å². The third kappa shape index (κ3) is 3.81. The van der Waals surface area contributed by atoms with E-state index in [1.807, 2.05) is 31.2 Å². The first-order valence-corrected chi connectivity index (χ1v) is 6.89. The number of anilines is 1. The Bertz CT molecular complexity index is 596. The zero-order valence-corrected chi connectivity index (χ0v) is 12.1. The predicted octanol–water partition coefficient (Wildman–Crippen LogP) is 3.62. The van der Waals surface area contributed by atoms with E-state index in [9.17, 15) is 4.79 Å². The standard InChI is InChI=1S/C16H17ClN2O/c1-11(12-2-4-14(18)5-3-12)8-15(20)9-13-6-7-19-10-16(13)17/h2-7,10-11H,8-9,18H2,1H3. The average Bonchev–Trinajstić information content (AvgIpc) is 2.42. The number of hydrogen-bond donors (Lipinski definition) is 1. The van der Waals surface area contributed by atoms with Crippen LogP contribution in [0.4, 0.5) is 5.69 Å². The van der Waals surface area contributed by atoms with Gasteiger partial charge in [-0.05, 0) is 35.2 Å². The van der Waals surface area contributed by atoms with Gasteiger partial charge in [0.1, 0.15) is 5.78 Å². The van der Waals surface area contributed by atoms with Crippen molar-refractivity contribution in [2.45, 2.75) is 25.7 Å². The average molecular weight is 289 g/mol. The van der Waals surface area contributed by atoms with Crippen molar-refractivity contribution in [1.82, 2.24) is 4.98 Å². The second-order valence-electron chi connectivity index (χ2n) is 4.95. The van der Waals surface area contributed by atoms with Crippen LogP contribution < -0.4 is 5.73 Å². The molecule has 0 fully saturated rings. The lowest BCUT2D eigenvalue weighted by atomic mass is 9.93. The van der Waals surface area contributed by atoms with Gasteiger partial charge in [0.25, 0.3) is 0 Å². The van der Waals surface area contributed by atoms with Gasteiger partial charge in [0.05, 0.1) is 5.02 Å². The summed E-state index contributed by atoms with van der Waals surface area (Å²) in [6.07, 6.45) is 4.05. The topological polar surface area (TPSA) is 56.0 Å². The number of nitrogens with zero attached hydrogens (tertiary/aromatic N) is 1. The van der Waals surface area contributed by atoms with Crippen LogP contribution in [0.25, 0.3) is 0 Å². The second kappa shape index (κ2) is 6.53. The molecule has 2 N–H and O–H groups in total. The molecule has 2 rings (SSSR count). The van der Waals surface area contributed by atoms with Gasteiger partial charge in [-0.25, -0.2) is 0 Å². The monoisotopic (exact) mass is 288 g/mol. The summed E-state index contributed by atoms with van der Waals surface area (Å²) >= 11 is 6.01. The van der Waals surface area contributed by atoms with Crippen LogP contribution in [-0.2, 0) is 11.2 Å². The maximum Gasteiger partial charge on any atom is 0.137 e. The molecule has 3 nitrogen and oxygen atoms in total. The molecule has 0 aliphatic carbocycles. The summed E-state index contributed by atoms with van der Waals surface area (Å²) in [5.41, 5.74) is 8.34. The largest absolute Gasteiger partial charge is 0.399 e. The Hall–Kier alpha value is -1.87. The highest BCUT2D eigenvalue weighted by Crippen LogP contribution is 2.22. The molecule has 0 bridgehead atoms. The summed E-state index contributed by atoms with van der Waals surface area (Å²) in [5, 5.41) is 0.543. The normalized spacial score (nSPS) is 12.1. The van der Waals surface area contributed by atoms with Crippen molar-refractivity contribution in [3.8, 4) is 0 Å². The van der Waals surface area contributed by atoms with Gasteiger partial charge in [-0.3, -0.25) is 9.78 Å². The van der Waals surface area contributed by atoms with E-state index in [1.54, 1.807) is 18.5 Å². The Labute approximate surface area is 123 Å². The summed E-state index contributed by atoms with van der Waals surface area (Å²) in [6.45, 7) is 2.04. The smallest absolute Gasteiger partial charge is 0.137 e. The van der Waals surface area contributed by atoms with Crippen molar-refractivity contribution in [1.29, 1.82) is 0 Å². The van der Waals surface area contributed by atoms with Crippen molar-refractivity contribution in [3.05, 3.63) is 58.9 Å². The summed E-state index contributed by atoms with van der Waals surface area (Å²) in [6, 6.07) is 9.43. The first-order chi connectivity index (χ1) is 9.56. The van der Waals surface area contributed by atoms with Gasteiger partial charge in [0.15, 0.2) is 0 Å². The van der Waals surface area contributed by atoms with Crippen molar-refractivity contribution < 1.29 is 4.79 Å². The van der Waals surface area contributed by atoms with E-state index < -0.39 is 0 Å². The maximum absolute atomic E-state index is 12.1. The highest BCUT2D eigenvalue weighted by molar-refractivity contribution is 6.31. The number of benzene rings is 1. The van der Waals surface area contributed by atoms with Crippen molar-refractivity contribution in [2.24, 2.45) is 0 Å². The van der Waals surface area contributed by atoms with E-state index in [0.29, 0.717) is 17.9 Å². The Balaban J connectivity index is 1.98. The first-order valence-electron chi connectivity index (χ1n) is 6.52. The minimum atomic E-state index is 0.169. The van der Waals surface area contributed by atoms with Gasteiger partial charge < -0.3 is 5.73 Å². The minimum Gasteiger partial charge on any atom is -0.399 e. The van der Waals surface area contributed by atoms with Crippen LogP contribution >= 0.6 is 11.6 Å². The molecule has 0 saturated carbocycles. The third-order valence-corrected chi connectivity index (χ3v) is 3.62. The number of carbonyl (C=O) groups excluding carboxylic acids is 1. The first kappa shape index (κ1) is 14.5. The van der Waals surface area contributed by atoms with Gasteiger partial charge in [0, 0.05) is 30.9 Å². The van der Waals surface area contributed by atoms with E-state index in [4.69, 9.17) is 17.3 Å². The molecule has 0 aliphatic rings. The molecule has 1 aromatic carbocycles. The molecule has 0 amide bonds. The van der Waals surface area contributed by atoms with E-state index in [1.165, 1.54) is 0 Å². The summed E-state index contributed by atoms with van der Waals surface area (Å²) in [4.78, 5) is 16.0. The fourth-order valence-corrected chi connectivity index (χ4v) is 2.30. The number of nitrogens with two attached hydrogens (primary N) is 1. The lowest BCUT2D eigenvalue weighted by Gasteiger charge is -2.11. The highest BCUT2D eigenvalue weighted by Gasteiger charge is 2.13. The molecule has 0 saturated heterocycles. The Kier molecular flexibility index (Phi) is 4.74. The van der Waals surface area contributed by atoms with E-state index >= 15 is 0 Å². The van der Waals surface area contributed by atoms with E-state index in [-0.39, 0.29) is 11.7 Å². The van der Waals surface area contributed by atoms with Gasteiger partial charge in [-0.15, -0.1) is 0 Å². The molecule has 2 aromatic rings. The van der Waals surface area contributed by atoms with Gasteiger partial charge in [-0.1, -0.05) is 30.7 Å². The number of pyridine rings is 1. The number of ketones is 1. The van der Waals surface area contributed by atoms with E-state index in [0.717, 1.165) is 16.8 Å². The fourth-order valence-electron chi connectivity index (χ4n) is 2.12.